The molecule has 3 rings (SSSR count). The van der Waals surface area contributed by atoms with E-state index in [0.717, 1.165) is 28.0 Å². The SMILES string of the molecule is Cc1ccc(-n2c(SCCOCCO)nnc2-c2ccccc2)cc1. The van der Waals surface area contributed by atoms with Crippen molar-refractivity contribution in [1.82, 2.24) is 14.8 Å². The number of aliphatic hydroxyl groups is 1. The molecular formula is C19H21N3O2S. The van der Waals surface area contributed by atoms with Crippen LogP contribution in [0.15, 0.2) is 59.8 Å². The fraction of sp³-hybridized carbons (Fsp3) is 0.263. The Balaban J connectivity index is 1.90. The third-order valence-corrected chi connectivity index (χ3v) is 4.55. The zero-order valence-corrected chi connectivity index (χ0v) is 14.9. The summed E-state index contributed by atoms with van der Waals surface area (Å²) < 4.78 is 7.40. The maximum Gasteiger partial charge on any atom is 0.196 e. The van der Waals surface area contributed by atoms with Crippen molar-refractivity contribution >= 4 is 11.8 Å². The summed E-state index contributed by atoms with van der Waals surface area (Å²) in [5.74, 6) is 1.57. The van der Waals surface area contributed by atoms with Gasteiger partial charge in [-0.2, -0.15) is 0 Å². The third kappa shape index (κ3) is 4.48. The summed E-state index contributed by atoms with van der Waals surface area (Å²) in [5.41, 5.74) is 3.27. The normalized spacial score (nSPS) is 11.0. The average Bonchev–Trinajstić information content (AvgIpc) is 3.07. The Kier molecular flexibility index (Phi) is 6.22. The molecule has 0 aliphatic carbocycles. The van der Waals surface area contributed by atoms with Gasteiger partial charge in [0.1, 0.15) is 0 Å². The van der Waals surface area contributed by atoms with Crippen molar-refractivity contribution < 1.29 is 9.84 Å². The molecule has 0 aliphatic rings. The molecule has 0 radical (unpaired) electrons. The molecule has 0 saturated carbocycles. The van der Waals surface area contributed by atoms with Gasteiger partial charge in [0.2, 0.25) is 0 Å². The number of nitrogens with zero attached hydrogens (tertiary/aromatic N) is 3. The number of aliphatic hydroxyl groups excluding tert-OH is 1. The summed E-state index contributed by atoms with van der Waals surface area (Å²) in [6.45, 7) is 3.04. The Morgan fingerprint density at radius 2 is 1.76 bits per heavy atom. The quantitative estimate of drug-likeness (QED) is 0.496. The zero-order valence-electron chi connectivity index (χ0n) is 14.1. The van der Waals surface area contributed by atoms with E-state index in [2.05, 4.69) is 46.0 Å². The molecule has 0 spiro atoms. The Bertz CT molecular complexity index is 788. The van der Waals surface area contributed by atoms with Crippen LogP contribution in [0.25, 0.3) is 17.1 Å². The smallest absolute Gasteiger partial charge is 0.196 e. The van der Waals surface area contributed by atoms with Gasteiger partial charge in [0, 0.05) is 17.0 Å². The molecule has 3 aromatic rings. The van der Waals surface area contributed by atoms with Crippen molar-refractivity contribution in [3.8, 4) is 17.1 Å². The summed E-state index contributed by atoms with van der Waals surface area (Å²) in [6, 6.07) is 18.4. The minimum absolute atomic E-state index is 0.0440. The maximum atomic E-state index is 8.77. The molecule has 1 aromatic heterocycles. The molecule has 130 valence electrons. The van der Waals surface area contributed by atoms with Crippen LogP contribution in [0.5, 0.6) is 0 Å². The summed E-state index contributed by atoms with van der Waals surface area (Å²) in [6.07, 6.45) is 0. The summed E-state index contributed by atoms with van der Waals surface area (Å²) >= 11 is 1.59. The van der Waals surface area contributed by atoms with Crippen molar-refractivity contribution in [1.29, 1.82) is 0 Å². The highest BCUT2D eigenvalue weighted by Gasteiger charge is 2.15. The monoisotopic (exact) mass is 355 g/mol. The first-order valence-electron chi connectivity index (χ1n) is 8.19. The molecule has 5 nitrogen and oxygen atoms in total. The molecule has 0 atom stereocenters. The minimum Gasteiger partial charge on any atom is -0.394 e. The van der Waals surface area contributed by atoms with Gasteiger partial charge in [0.15, 0.2) is 11.0 Å². The van der Waals surface area contributed by atoms with Gasteiger partial charge in [-0.1, -0.05) is 59.8 Å². The van der Waals surface area contributed by atoms with Gasteiger partial charge < -0.3 is 9.84 Å². The average molecular weight is 355 g/mol. The Morgan fingerprint density at radius 3 is 2.48 bits per heavy atom. The molecule has 0 aliphatic heterocycles. The zero-order chi connectivity index (χ0) is 17.5. The first-order valence-corrected chi connectivity index (χ1v) is 9.17. The molecule has 0 unspecified atom stereocenters. The molecule has 2 aromatic carbocycles. The van der Waals surface area contributed by atoms with E-state index in [4.69, 9.17) is 9.84 Å². The van der Waals surface area contributed by atoms with Crippen LogP contribution < -0.4 is 0 Å². The number of rotatable bonds is 8. The van der Waals surface area contributed by atoms with Gasteiger partial charge in [-0.05, 0) is 19.1 Å². The number of aromatic nitrogens is 3. The molecule has 0 saturated heterocycles. The van der Waals surface area contributed by atoms with Gasteiger partial charge in [-0.15, -0.1) is 10.2 Å². The summed E-state index contributed by atoms with van der Waals surface area (Å²) in [7, 11) is 0. The fourth-order valence-electron chi connectivity index (χ4n) is 2.42. The summed E-state index contributed by atoms with van der Waals surface area (Å²) in [4.78, 5) is 0. The first-order chi connectivity index (χ1) is 12.3. The largest absolute Gasteiger partial charge is 0.394 e. The second-order valence-electron chi connectivity index (χ2n) is 5.53. The second-order valence-corrected chi connectivity index (χ2v) is 6.59. The molecule has 0 amide bonds. The lowest BCUT2D eigenvalue weighted by molar-refractivity contribution is 0.103. The van der Waals surface area contributed by atoms with Gasteiger partial charge in [-0.3, -0.25) is 4.57 Å². The van der Waals surface area contributed by atoms with E-state index in [-0.39, 0.29) is 6.61 Å². The number of thioether (sulfide) groups is 1. The number of hydrogen-bond donors (Lipinski definition) is 1. The molecule has 25 heavy (non-hydrogen) atoms. The molecule has 1 N–H and O–H groups in total. The van der Waals surface area contributed by atoms with Crippen molar-refractivity contribution in [2.45, 2.75) is 12.1 Å². The van der Waals surface area contributed by atoms with Crippen molar-refractivity contribution in [2.24, 2.45) is 0 Å². The predicted octanol–water partition coefficient (Wildman–Crippen LogP) is 3.34. The highest BCUT2D eigenvalue weighted by Crippen LogP contribution is 2.27. The lowest BCUT2D eigenvalue weighted by Crippen LogP contribution is -2.04. The molecule has 1 heterocycles. The number of aryl methyl sites for hydroxylation is 1. The van der Waals surface area contributed by atoms with E-state index in [1.165, 1.54) is 5.56 Å². The van der Waals surface area contributed by atoms with Crippen LogP contribution in [0.2, 0.25) is 0 Å². The lowest BCUT2D eigenvalue weighted by atomic mass is 10.2. The minimum atomic E-state index is 0.0440. The van der Waals surface area contributed by atoms with E-state index in [1.54, 1.807) is 11.8 Å². The van der Waals surface area contributed by atoms with Crippen molar-refractivity contribution in [3.63, 3.8) is 0 Å². The highest BCUT2D eigenvalue weighted by molar-refractivity contribution is 7.99. The van der Waals surface area contributed by atoms with Crippen LogP contribution in [-0.4, -0.2) is 45.4 Å². The molecular weight excluding hydrogens is 334 g/mol. The fourth-order valence-corrected chi connectivity index (χ4v) is 3.23. The van der Waals surface area contributed by atoms with Gasteiger partial charge >= 0.3 is 0 Å². The van der Waals surface area contributed by atoms with Crippen LogP contribution in [-0.2, 0) is 4.74 Å². The summed E-state index contributed by atoms with van der Waals surface area (Å²) in [5, 5.41) is 18.4. The standard InChI is InChI=1S/C19H21N3O2S/c1-15-7-9-17(10-8-15)22-18(16-5-3-2-4-6-16)20-21-19(22)25-14-13-24-12-11-23/h2-10,23H,11-14H2,1H3. The van der Waals surface area contributed by atoms with Crippen molar-refractivity contribution in [2.75, 3.05) is 25.6 Å². The van der Waals surface area contributed by atoms with Crippen LogP contribution in [0, 0.1) is 6.92 Å². The highest BCUT2D eigenvalue weighted by atomic mass is 32.2. The van der Waals surface area contributed by atoms with Crippen LogP contribution in [0.4, 0.5) is 0 Å². The van der Waals surface area contributed by atoms with Crippen LogP contribution in [0.1, 0.15) is 5.56 Å². The maximum absolute atomic E-state index is 8.77. The van der Waals surface area contributed by atoms with Gasteiger partial charge in [0.25, 0.3) is 0 Å². The number of hydrogen-bond acceptors (Lipinski definition) is 5. The van der Waals surface area contributed by atoms with E-state index in [0.29, 0.717) is 13.2 Å². The van der Waals surface area contributed by atoms with Gasteiger partial charge in [0.05, 0.1) is 19.8 Å². The first kappa shape index (κ1) is 17.7. The molecule has 0 bridgehead atoms. The van der Waals surface area contributed by atoms with E-state index < -0.39 is 0 Å². The Labute approximate surface area is 151 Å². The van der Waals surface area contributed by atoms with E-state index >= 15 is 0 Å². The Hall–Kier alpha value is -2.15. The Morgan fingerprint density at radius 1 is 1.00 bits per heavy atom. The van der Waals surface area contributed by atoms with Crippen LogP contribution >= 0.6 is 11.8 Å². The predicted molar refractivity (Wildman–Crippen MR) is 100 cm³/mol. The van der Waals surface area contributed by atoms with E-state index in [1.807, 2.05) is 30.3 Å². The lowest BCUT2D eigenvalue weighted by Gasteiger charge is -2.11. The molecule has 6 heteroatoms. The second kappa shape index (κ2) is 8.80. The number of ether oxygens (including phenoxy) is 1. The molecule has 0 fully saturated rings. The topological polar surface area (TPSA) is 60.2 Å². The van der Waals surface area contributed by atoms with Crippen molar-refractivity contribution in [3.05, 3.63) is 60.2 Å². The van der Waals surface area contributed by atoms with Gasteiger partial charge in [-0.25, -0.2) is 0 Å². The van der Waals surface area contributed by atoms with E-state index in [9.17, 15) is 0 Å². The third-order valence-electron chi connectivity index (χ3n) is 3.65. The van der Waals surface area contributed by atoms with Crippen LogP contribution in [0.3, 0.4) is 0 Å². The number of benzene rings is 2.